The zero-order valence-electron chi connectivity index (χ0n) is 12.5. The van der Waals surface area contributed by atoms with Crippen LogP contribution in [0.1, 0.15) is 26.3 Å². The fourth-order valence-electron chi connectivity index (χ4n) is 1.93. The Kier molecular flexibility index (Phi) is 5.63. The molecule has 0 heterocycles. The van der Waals surface area contributed by atoms with Crippen molar-refractivity contribution in [2.24, 2.45) is 5.92 Å². The molecule has 0 spiro atoms. The van der Waals surface area contributed by atoms with E-state index in [2.05, 4.69) is 19.2 Å². The Bertz CT molecular complexity index is 402. The molecule has 0 saturated carbocycles. The highest BCUT2D eigenvalue weighted by Crippen LogP contribution is 2.32. The molecule has 19 heavy (non-hydrogen) atoms. The predicted octanol–water partition coefficient (Wildman–Crippen LogP) is 2.16. The molecule has 4 nitrogen and oxygen atoms in total. The maximum atomic E-state index is 10.6. The topological polar surface area (TPSA) is 50.7 Å². The second-order valence-corrected chi connectivity index (χ2v) is 5.36. The lowest BCUT2D eigenvalue weighted by atomic mass is 9.94. The smallest absolute Gasteiger partial charge is 0.125 e. The molecular formula is C15H25NO3. The van der Waals surface area contributed by atoms with Crippen molar-refractivity contribution < 1.29 is 14.6 Å². The highest BCUT2D eigenvalue weighted by Gasteiger charge is 2.27. The van der Waals surface area contributed by atoms with Crippen LogP contribution in [0.2, 0.25) is 0 Å². The van der Waals surface area contributed by atoms with Gasteiger partial charge in [-0.05, 0) is 37.6 Å². The van der Waals surface area contributed by atoms with Crippen LogP contribution in [0.3, 0.4) is 0 Å². The molecule has 108 valence electrons. The first kappa shape index (κ1) is 15.8. The molecule has 0 fully saturated rings. The highest BCUT2D eigenvalue weighted by molar-refractivity contribution is 5.43. The average molecular weight is 267 g/mol. The van der Waals surface area contributed by atoms with Crippen molar-refractivity contribution in [1.29, 1.82) is 0 Å². The number of nitrogens with one attached hydrogen (secondary N) is 1. The van der Waals surface area contributed by atoms with Crippen LogP contribution in [-0.4, -0.2) is 32.4 Å². The average Bonchev–Trinajstić information content (AvgIpc) is 2.37. The minimum atomic E-state index is -1.01. The van der Waals surface area contributed by atoms with E-state index in [0.29, 0.717) is 24.0 Å². The van der Waals surface area contributed by atoms with Crippen LogP contribution in [-0.2, 0) is 5.60 Å². The van der Waals surface area contributed by atoms with Crippen molar-refractivity contribution in [3.05, 3.63) is 23.8 Å². The Hall–Kier alpha value is -1.26. The van der Waals surface area contributed by atoms with Crippen LogP contribution in [0.15, 0.2) is 18.2 Å². The normalized spacial score (nSPS) is 14.3. The first-order chi connectivity index (χ1) is 8.90. The second-order valence-electron chi connectivity index (χ2n) is 5.36. The lowest BCUT2D eigenvalue weighted by Crippen LogP contribution is -2.37. The Balaban J connectivity index is 2.91. The maximum Gasteiger partial charge on any atom is 0.125 e. The monoisotopic (exact) mass is 267 g/mol. The summed E-state index contributed by atoms with van der Waals surface area (Å²) in [7, 11) is 3.21. The predicted molar refractivity (Wildman–Crippen MR) is 76.8 cm³/mol. The molecule has 1 aromatic rings. The van der Waals surface area contributed by atoms with Gasteiger partial charge in [-0.25, -0.2) is 0 Å². The number of aliphatic hydroxyl groups is 1. The van der Waals surface area contributed by atoms with E-state index in [1.54, 1.807) is 21.1 Å². The fraction of sp³-hybridized carbons (Fsp3) is 0.600. The van der Waals surface area contributed by atoms with Crippen molar-refractivity contribution >= 4 is 0 Å². The minimum Gasteiger partial charge on any atom is -0.497 e. The van der Waals surface area contributed by atoms with E-state index in [0.717, 1.165) is 12.1 Å². The minimum absolute atomic E-state index is 0.467. The van der Waals surface area contributed by atoms with Crippen LogP contribution in [0.5, 0.6) is 11.5 Å². The van der Waals surface area contributed by atoms with Gasteiger partial charge in [-0.1, -0.05) is 13.8 Å². The molecule has 2 N–H and O–H groups in total. The van der Waals surface area contributed by atoms with Gasteiger partial charge in [0.15, 0.2) is 0 Å². The van der Waals surface area contributed by atoms with E-state index < -0.39 is 5.60 Å². The fourth-order valence-corrected chi connectivity index (χ4v) is 1.93. The molecule has 0 aliphatic carbocycles. The summed E-state index contributed by atoms with van der Waals surface area (Å²) in [6.45, 7) is 7.37. The van der Waals surface area contributed by atoms with Crippen LogP contribution in [0, 0.1) is 5.92 Å². The summed E-state index contributed by atoms with van der Waals surface area (Å²) >= 11 is 0. The van der Waals surface area contributed by atoms with Crippen molar-refractivity contribution in [2.45, 2.75) is 26.4 Å². The van der Waals surface area contributed by atoms with Gasteiger partial charge >= 0.3 is 0 Å². The van der Waals surface area contributed by atoms with Gasteiger partial charge in [-0.2, -0.15) is 0 Å². The largest absolute Gasteiger partial charge is 0.497 e. The van der Waals surface area contributed by atoms with Crippen LogP contribution >= 0.6 is 0 Å². The number of benzene rings is 1. The van der Waals surface area contributed by atoms with Gasteiger partial charge in [-0.3, -0.25) is 0 Å². The molecule has 0 saturated heterocycles. The SMILES string of the molecule is COc1ccc(OC)c(C(C)(O)CNCC(C)C)c1. The van der Waals surface area contributed by atoms with Gasteiger partial charge in [-0.15, -0.1) is 0 Å². The van der Waals surface area contributed by atoms with E-state index in [9.17, 15) is 5.11 Å². The summed E-state index contributed by atoms with van der Waals surface area (Å²) < 4.78 is 10.5. The third-order valence-corrected chi connectivity index (χ3v) is 3.01. The summed E-state index contributed by atoms with van der Waals surface area (Å²) in [6.07, 6.45) is 0. The van der Waals surface area contributed by atoms with Crippen molar-refractivity contribution in [2.75, 3.05) is 27.3 Å². The van der Waals surface area contributed by atoms with Crippen molar-refractivity contribution in [3.8, 4) is 11.5 Å². The lowest BCUT2D eigenvalue weighted by molar-refractivity contribution is 0.0536. The molecule has 1 rings (SSSR count). The Morgan fingerprint density at radius 3 is 2.47 bits per heavy atom. The number of hydrogen-bond donors (Lipinski definition) is 2. The van der Waals surface area contributed by atoms with E-state index >= 15 is 0 Å². The molecule has 0 bridgehead atoms. The van der Waals surface area contributed by atoms with Gasteiger partial charge in [0.25, 0.3) is 0 Å². The highest BCUT2D eigenvalue weighted by atomic mass is 16.5. The van der Waals surface area contributed by atoms with Crippen molar-refractivity contribution in [1.82, 2.24) is 5.32 Å². The Labute approximate surface area is 115 Å². The standard InChI is InChI=1S/C15H25NO3/c1-11(2)9-16-10-15(3,17)13-8-12(18-4)6-7-14(13)19-5/h6-8,11,16-17H,9-10H2,1-5H3. The number of ether oxygens (including phenoxy) is 2. The summed E-state index contributed by atoms with van der Waals surface area (Å²) in [5.41, 5.74) is -0.278. The first-order valence-corrected chi connectivity index (χ1v) is 6.56. The van der Waals surface area contributed by atoms with Crippen LogP contribution in [0.4, 0.5) is 0 Å². The summed E-state index contributed by atoms with van der Waals surface area (Å²) in [4.78, 5) is 0. The van der Waals surface area contributed by atoms with E-state index in [1.165, 1.54) is 0 Å². The molecule has 0 amide bonds. The summed E-state index contributed by atoms with van der Waals surface area (Å²) in [5.74, 6) is 1.92. The van der Waals surface area contributed by atoms with Gasteiger partial charge in [0.1, 0.15) is 17.1 Å². The molecule has 1 aromatic carbocycles. The summed E-state index contributed by atoms with van der Waals surface area (Å²) in [6, 6.07) is 5.45. The van der Waals surface area contributed by atoms with Crippen LogP contribution in [0.25, 0.3) is 0 Å². The molecule has 0 aromatic heterocycles. The number of methoxy groups -OCH3 is 2. The number of hydrogen-bond acceptors (Lipinski definition) is 4. The zero-order valence-corrected chi connectivity index (χ0v) is 12.5. The second kappa shape index (κ2) is 6.78. The molecule has 4 heteroatoms. The molecule has 0 aliphatic rings. The Morgan fingerprint density at radius 1 is 1.26 bits per heavy atom. The van der Waals surface area contributed by atoms with Gasteiger partial charge < -0.3 is 19.9 Å². The Morgan fingerprint density at radius 2 is 1.95 bits per heavy atom. The molecule has 1 unspecified atom stereocenters. The van der Waals surface area contributed by atoms with Gasteiger partial charge in [0.05, 0.1) is 14.2 Å². The quantitative estimate of drug-likeness (QED) is 0.795. The molecule has 1 atom stereocenters. The maximum absolute atomic E-state index is 10.6. The van der Waals surface area contributed by atoms with Gasteiger partial charge in [0.2, 0.25) is 0 Å². The van der Waals surface area contributed by atoms with E-state index in [-0.39, 0.29) is 0 Å². The first-order valence-electron chi connectivity index (χ1n) is 6.56. The van der Waals surface area contributed by atoms with E-state index in [4.69, 9.17) is 9.47 Å². The molecule has 0 radical (unpaired) electrons. The lowest BCUT2D eigenvalue weighted by Gasteiger charge is -2.27. The molecular weight excluding hydrogens is 242 g/mol. The van der Waals surface area contributed by atoms with Crippen LogP contribution < -0.4 is 14.8 Å². The summed E-state index contributed by atoms with van der Waals surface area (Å²) in [5, 5.41) is 13.9. The molecule has 0 aliphatic heterocycles. The van der Waals surface area contributed by atoms with E-state index in [1.807, 2.05) is 18.2 Å². The number of rotatable bonds is 7. The van der Waals surface area contributed by atoms with Gasteiger partial charge in [0, 0.05) is 12.1 Å². The van der Waals surface area contributed by atoms with Crippen molar-refractivity contribution in [3.63, 3.8) is 0 Å². The zero-order chi connectivity index (χ0) is 14.5. The third kappa shape index (κ3) is 4.40. The third-order valence-electron chi connectivity index (χ3n) is 3.01.